The van der Waals surface area contributed by atoms with E-state index in [2.05, 4.69) is 9.97 Å². The summed E-state index contributed by atoms with van der Waals surface area (Å²) < 4.78 is 3.82. The maximum Gasteiger partial charge on any atom is 0.331 e. The van der Waals surface area contributed by atoms with E-state index in [1.807, 2.05) is 47.6 Å². The molecule has 0 spiro atoms. The number of imidazole rings is 2. The Kier molecular flexibility index (Phi) is 4.75. The lowest BCUT2D eigenvalue weighted by atomic mass is 10.2. The number of anilines is 1. The molecule has 3 heterocycles. The average Bonchev–Trinajstić information content (AvgIpc) is 3.28. The molecule has 1 aliphatic heterocycles. The summed E-state index contributed by atoms with van der Waals surface area (Å²) in [7, 11) is 3.54. The van der Waals surface area contributed by atoms with E-state index >= 15 is 0 Å². The van der Waals surface area contributed by atoms with Crippen LogP contribution in [0.1, 0.15) is 5.82 Å². The summed E-state index contributed by atoms with van der Waals surface area (Å²) >= 11 is 0. The normalized spacial score (nSPS) is 14.0. The van der Waals surface area contributed by atoms with Crippen molar-refractivity contribution in [2.24, 2.45) is 7.05 Å². The van der Waals surface area contributed by atoms with Crippen LogP contribution >= 0.6 is 12.4 Å². The largest absolute Gasteiger partial charge is 0.337 e. The molecule has 3 amide bonds. The standard InChI is InChI=1S/C18H18N6O2.ClH/c1-12-20-15(10-21(12)2)17-19-7-8-23(17)13-5-4-6-14(9-13)24-16(25)11-22(3)18(24)26;/h4-10H,11H2,1-3H3;1H. The molecule has 4 rings (SSSR count). The molecule has 0 radical (unpaired) electrons. The maximum atomic E-state index is 12.2. The number of benzene rings is 1. The van der Waals surface area contributed by atoms with Crippen LogP contribution in [0.25, 0.3) is 17.2 Å². The van der Waals surface area contributed by atoms with Gasteiger partial charge in [0.25, 0.3) is 5.91 Å². The van der Waals surface area contributed by atoms with Gasteiger partial charge < -0.3 is 9.47 Å². The van der Waals surface area contributed by atoms with Crippen LogP contribution in [-0.2, 0) is 11.8 Å². The van der Waals surface area contributed by atoms with E-state index < -0.39 is 0 Å². The van der Waals surface area contributed by atoms with Crippen molar-refractivity contribution in [3.63, 3.8) is 0 Å². The number of imide groups is 1. The number of likely N-dealkylation sites (N-methyl/N-ethyl adjacent to an activating group) is 1. The average molecular weight is 387 g/mol. The Labute approximate surface area is 162 Å². The van der Waals surface area contributed by atoms with Crippen molar-refractivity contribution in [2.45, 2.75) is 6.92 Å². The molecule has 0 aliphatic carbocycles. The maximum absolute atomic E-state index is 12.2. The van der Waals surface area contributed by atoms with Gasteiger partial charge in [-0.25, -0.2) is 19.7 Å². The van der Waals surface area contributed by atoms with Crippen molar-refractivity contribution >= 4 is 30.0 Å². The number of aromatic nitrogens is 4. The highest BCUT2D eigenvalue weighted by Crippen LogP contribution is 2.26. The number of halogens is 1. The number of hydrogen-bond donors (Lipinski definition) is 0. The van der Waals surface area contributed by atoms with Crippen molar-refractivity contribution in [1.82, 2.24) is 24.0 Å². The van der Waals surface area contributed by atoms with Gasteiger partial charge >= 0.3 is 6.03 Å². The summed E-state index contributed by atoms with van der Waals surface area (Å²) in [5.41, 5.74) is 2.10. The molecule has 8 nitrogen and oxygen atoms in total. The van der Waals surface area contributed by atoms with Crippen LogP contribution in [0.4, 0.5) is 10.5 Å². The predicted molar refractivity (Wildman–Crippen MR) is 103 cm³/mol. The van der Waals surface area contributed by atoms with Crippen molar-refractivity contribution in [3.05, 3.63) is 48.7 Å². The topological polar surface area (TPSA) is 76.3 Å². The van der Waals surface area contributed by atoms with Crippen LogP contribution in [0.3, 0.4) is 0 Å². The lowest BCUT2D eigenvalue weighted by Gasteiger charge is -2.16. The summed E-state index contributed by atoms with van der Waals surface area (Å²) in [6.45, 7) is 2.02. The van der Waals surface area contributed by atoms with Crippen LogP contribution in [0.2, 0.25) is 0 Å². The van der Waals surface area contributed by atoms with E-state index in [1.54, 1.807) is 25.4 Å². The van der Waals surface area contributed by atoms with Gasteiger partial charge in [0.1, 0.15) is 18.1 Å². The molecule has 0 atom stereocenters. The number of carbonyl (C=O) groups is 2. The Morgan fingerprint density at radius 2 is 1.85 bits per heavy atom. The predicted octanol–water partition coefficient (Wildman–Crippen LogP) is 2.40. The minimum Gasteiger partial charge on any atom is -0.337 e. The van der Waals surface area contributed by atoms with E-state index in [-0.39, 0.29) is 30.9 Å². The Balaban J connectivity index is 0.00000210. The van der Waals surface area contributed by atoms with E-state index in [1.165, 1.54) is 9.80 Å². The lowest BCUT2D eigenvalue weighted by molar-refractivity contribution is -0.116. The van der Waals surface area contributed by atoms with Gasteiger partial charge in [0.15, 0.2) is 5.82 Å². The second-order valence-corrected chi connectivity index (χ2v) is 6.29. The van der Waals surface area contributed by atoms with Gasteiger partial charge in [0, 0.05) is 38.4 Å². The van der Waals surface area contributed by atoms with E-state index in [9.17, 15) is 9.59 Å². The van der Waals surface area contributed by atoms with Crippen molar-refractivity contribution in [2.75, 3.05) is 18.5 Å². The molecule has 1 aliphatic rings. The minimum atomic E-state index is -0.321. The Morgan fingerprint density at radius 1 is 1.11 bits per heavy atom. The number of hydrogen-bond acceptors (Lipinski definition) is 4. The van der Waals surface area contributed by atoms with Gasteiger partial charge in [0.2, 0.25) is 0 Å². The monoisotopic (exact) mass is 386 g/mol. The van der Waals surface area contributed by atoms with Crippen molar-refractivity contribution in [3.8, 4) is 17.2 Å². The first-order valence-electron chi connectivity index (χ1n) is 8.18. The highest BCUT2D eigenvalue weighted by molar-refractivity contribution is 6.19. The zero-order chi connectivity index (χ0) is 18.4. The number of urea groups is 1. The van der Waals surface area contributed by atoms with Crippen LogP contribution in [0.15, 0.2) is 42.9 Å². The smallest absolute Gasteiger partial charge is 0.331 e. The molecule has 1 saturated heterocycles. The second kappa shape index (κ2) is 6.88. The van der Waals surface area contributed by atoms with Gasteiger partial charge in [-0.05, 0) is 25.1 Å². The molecule has 1 fully saturated rings. The highest BCUT2D eigenvalue weighted by Gasteiger charge is 2.34. The second-order valence-electron chi connectivity index (χ2n) is 6.29. The fourth-order valence-corrected chi connectivity index (χ4v) is 3.02. The Hall–Kier alpha value is -3.13. The molecule has 140 valence electrons. The first-order chi connectivity index (χ1) is 12.5. The number of amides is 3. The molecule has 27 heavy (non-hydrogen) atoms. The zero-order valence-corrected chi connectivity index (χ0v) is 16.0. The van der Waals surface area contributed by atoms with Gasteiger partial charge in [0.05, 0.1) is 5.69 Å². The quantitative estimate of drug-likeness (QED) is 0.648. The molecule has 1 aromatic carbocycles. The number of aryl methyl sites for hydroxylation is 2. The summed E-state index contributed by atoms with van der Waals surface area (Å²) in [6, 6.07) is 6.95. The molecule has 0 unspecified atom stereocenters. The molecule has 2 aromatic heterocycles. The van der Waals surface area contributed by atoms with E-state index in [0.717, 1.165) is 17.2 Å². The third-order valence-electron chi connectivity index (χ3n) is 4.48. The minimum absolute atomic E-state index is 0. The molecule has 3 aromatic rings. The molecule has 9 heteroatoms. The van der Waals surface area contributed by atoms with Gasteiger partial charge in [-0.2, -0.15) is 0 Å². The van der Waals surface area contributed by atoms with Crippen molar-refractivity contribution in [1.29, 1.82) is 0 Å². The number of carbonyl (C=O) groups excluding carboxylic acids is 2. The number of rotatable bonds is 3. The number of nitrogens with zero attached hydrogens (tertiary/aromatic N) is 6. The third-order valence-corrected chi connectivity index (χ3v) is 4.48. The molecular formula is C18H19ClN6O2. The Bertz CT molecular complexity index is 1010. The highest BCUT2D eigenvalue weighted by atomic mass is 35.5. The molecule has 0 saturated carbocycles. The summed E-state index contributed by atoms with van der Waals surface area (Å²) in [6.07, 6.45) is 5.45. The molecule has 0 N–H and O–H groups in total. The van der Waals surface area contributed by atoms with E-state index in [4.69, 9.17) is 0 Å². The van der Waals surface area contributed by atoms with Gasteiger partial charge in [-0.3, -0.25) is 9.36 Å². The SMILES string of the molecule is Cc1nc(-c2nccn2-c2cccc(N3C(=O)CN(C)C3=O)c2)cn1C.Cl. The lowest BCUT2D eigenvalue weighted by Crippen LogP contribution is -2.31. The van der Waals surface area contributed by atoms with Crippen LogP contribution in [-0.4, -0.2) is 49.5 Å². The fraction of sp³-hybridized carbons (Fsp3) is 0.222. The zero-order valence-electron chi connectivity index (χ0n) is 15.2. The van der Waals surface area contributed by atoms with E-state index in [0.29, 0.717) is 11.5 Å². The van der Waals surface area contributed by atoms with Crippen LogP contribution in [0, 0.1) is 6.92 Å². The van der Waals surface area contributed by atoms with Gasteiger partial charge in [-0.1, -0.05) is 6.07 Å². The summed E-state index contributed by atoms with van der Waals surface area (Å²) in [4.78, 5) is 35.9. The van der Waals surface area contributed by atoms with Crippen molar-refractivity contribution < 1.29 is 9.59 Å². The Morgan fingerprint density at radius 3 is 2.48 bits per heavy atom. The summed E-state index contributed by atoms with van der Waals surface area (Å²) in [5, 5.41) is 0. The van der Waals surface area contributed by atoms with Crippen LogP contribution in [0.5, 0.6) is 0 Å². The molecule has 0 bridgehead atoms. The van der Waals surface area contributed by atoms with Crippen LogP contribution < -0.4 is 4.90 Å². The third kappa shape index (κ3) is 3.08. The fourth-order valence-electron chi connectivity index (χ4n) is 3.02. The van der Waals surface area contributed by atoms with Gasteiger partial charge in [-0.15, -0.1) is 12.4 Å². The first kappa shape index (κ1) is 18.7. The summed E-state index contributed by atoms with van der Waals surface area (Å²) in [5.74, 6) is 1.35. The molecular weight excluding hydrogens is 368 g/mol. The first-order valence-corrected chi connectivity index (χ1v) is 8.18.